The van der Waals surface area contributed by atoms with E-state index in [0.29, 0.717) is 12.0 Å². The van der Waals surface area contributed by atoms with Crippen LogP contribution in [0.25, 0.3) is 5.57 Å². The second kappa shape index (κ2) is 8.38. The lowest BCUT2D eigenvalue weighted by Crippen LogP contribution is -2.44. The number of amides is 1. The molecule has 0 aliphatic rings. The number of hydrogen-bond donors (Lipinski definition) is 3. The van der Waals surface area contributed by atoms with Crippen molar-refractivity contribution in [1.29, 1.82) is 0 Å². The van der Waals surface area contributed by atoms with Crippen molar-refractivity contribution in [3.05, 3.63) is 72.1 Å². The molecule has 4 N–H and O–H groups in total. The monoisotopic (exact) mass is 325 g/mol. The zero-order valence-electron chi connectivity index (χ0n) is 13.8. The van der Waals surface area contributed by atoms with Crippen LogP contribution in [0.15, 0.2) is 55.4 Å². The van der Waals surface area contributed by atoms with Gasteiger partial charge in [-0.25, -0.2) is 0 Å². The van der Waals surface area contributed by atoms with Gasteiger partial charge in [0.25, 0.3) is 5.91 Å². The summed E-state index contributed by atoms with van der Waals surface area (Å²) in [6.07, 6.45) is 2.86. The molecule has 1 heterocycles. The average molecular weight is 325 g/mol. The van der Waals surface area contributed by atoms with Crippen LogP contribution in [0.5, 0.6) is 0 Å². The van der Waals surface area contributed by atoms with Gasteiger partial charge in [-0.15, -0.1) is 0 Å². The fourth-order valence-electron chi connectivity index (χ4n) is 2.27. The van der Waals surface area contributed by atoms with Crippen molar-refractivity contribution in [3.8, 4) is 0 Å². The number of aliphatic hydroxyl groups is 1. The third-order valence-electron chi connectivity index (χ3n) is 3.77. The van der Waals surface area contributed by atoms with Gasteiger partial charge in [-0.3, -0.25) is 9.78 Å². The van der Waals surface area contributed by atoms with Crippen molar-refractivity contribution in [2.45, 2.75) is 25.5 Å². The quantitative estimate of drug-likeness (QED) is 0.724. The Labute approximate surface area is 142 Å². The van der Waals surface area contributed by atoms with Crippen LogP contribution in [-0.4, -0.2) is 34.7 Å². The van der Waals surface area contributed by atoms with Gasteiger partial charge in [0.2, 0.25) is 0 Å². The summed E-state index contributed by atoms with van der Waals surface area (Å²) in [5.41, 5.74) is 9.14. The Kier molecular flexibility index (Phi) is 6.23. The van der Waals surface area contributed by atoms with Gasteiger partial charge in [-0.1, -0.05) is 36.9 Å². The minimum Gasteiger partial charge on any atom is -0.390 e. The highest BCUT2D eigenvalue weighted by atomic mass is 16.3. The maximum Gasteiger partial charge on any atom is 0.252 e. The second-order valence-corrected chi connectivity index (χ2v) is 5.87. The Bertz CT molecular complexity index is 701. The van der Waals surface area contributed by atoms with E-state index in [-0.39, 0.29) is 12.5 Å². The second-order valence-electron chi connectivity index (χ2n) is 5.87. The lowest BCUT2D eigenvalue weighted by Gasteiger charge is -2.19. The van der Waals surface area contributed by atoms with Crippen LogP contribution >= 0.6 is 0 Å². The Hall–Kier alpha value is -2.50. The number of nitrogens with two attached hydrogens (primary N) is 1. The van der Waals surface area contributed by atoms with Crippen molar-refractivity contribution in [3.63, 3.8) is 0 Å². The largest absolute Gasteiger partial charge is 0.390 e. The standard InChI is InChI=1S/C19H23N3O2/c1-13(2)15-9-16(11-21-10-15)19(24)22-12-18(23)17(20)8-14-6-4-3-5-7-14/h3-7,9-11,17-18,23H,1,8,12,20H2,2H3,(H,22,24). The molecule has 2 aromatic rings. The van der Waals surface area contributed by atoms with E-state index in [1.54, 1.807) is 12.3 Å². The van der Waals surface area contributed by atoms with Crippen molar-refractivity contribution >= 4 is 11.5 Å². The maximum atomic E-state index is 12.2. The molecular weight excluding hydrogens is 302 g/mol. The number of pyridine rings is 1. The fraction of sp³-hybridized carbons (Fsp3) is 0.263. The van der Waals surface area contributed by atoms with E-state index >= 15 is 0 Å². The Morgan fingerprint density at radius 1 is 1.29 bits per heavy atom. The number of nitrogens with one attached hydrogen (secondary N) is 1. The molecule has 0 radical (unpaired) electrons. The fourth-order valence-corrected chi connectivity index (χ4v) is 2.27. The molecule has 0 saturated heterocycles. The van der Waals surface area contributed by atoms with Crippen molar-refractivity contribution in [2.75, 3.05) is 6.54 Å². The summed E-state index contributed by atoms with van der Waals surface area (Å²) in [7, 11) is 0. The van der Waals surface area contributed by atoms with Crippen LogP contribution in [0.1, 0.15) is 28.4 Å². The Balaban J connectivity index is 1.88. The zero-order valence-corrected chi connectivity index (χ0v) is 13.8. The van der Waals surface area contributed by atoms with E-state index < -0.39 is 12.1 Å². The molecule has 2 unspecified atom stereocenters. The van der Waals surface area contributed by atoms with Crippen molar-refractivity contribution < 1.29 is 9.90 Å². The highest BCUT2D eigenvalue weighted by Gasteiger charge is 2.17. The topological polar surface area (TPSA) is 88.2 Å². The lowest BCUT2D eigenvalue weighted by atomic mass is 10.0. The molecule has 126 valence electrons. The SMILES string of the molecule is C=C(C)c1cncc(C(=O)NCC(O)C(N)Cc2ccccc2)c1. The molecule has 0 aliphatic heterocycles. The number of aromatic nitrogens is 1. The van der Waals surface area contributed by atoms with Crippen LogP contribution in [0.4, 0.5) is 0 Å². The van der Waals surface area contributed by atoms with E-state index in [4.69, 9.17) is 5.73 Å². The smallest absolute Gasteiger partial charge is 0.252 e. The van der Waals surface area contributed by atoms with Gasteiger partial charge in [0.1, 0.15) is 0 Å². The maximum absolute atomic E-state index is 12.2. The summed E-state index contributed by atoms with van der Waals surface area (Å²) in [5.74, 6) is -0.295. The highest BCUT2D eigenvalue weighted by molar-refractivity contribution is 5.94. The molecule has 5 nitrogen and oxygen atoms in total. The number of carbonyl (C=O) groups excluding carboxylic acids is 1. The van der Waals surface area contributed by atoms with Crippen molar-refractivity contribution in [2.24, 2.45) is 5.73 Å². The van der Waals surface area contributed by atoms with Crippen LogP contribution in [0.3, 0.4) is 0 Å². The predicted octanol–water partition coefficient (Wildman–Crippen LogP) is 1.78. The van der Waals surface area contributed by atoms with Gasteiger partial charge in [0, 0.05) is 25.0 Å². The molecule has 0 spiro atoms. The van der Waals surface area contributed by atoms with E-state index in [1.165, 1.54) is 6.20 Å². The molecular formula is C19H23N3O2. The minimum absolute atomic E-state index is 0.0874. The molecule has 1 aromatic carbocycles. The molecule has 0 saturated carbocycles. The van der Waals surface area contributed by atoms with E-state index in [2.05, 4.69) is 16.9 Å². The van der Waals surface area contributed by atoms with Gasteiger partial charge < -0.3 is 16.2 Å². The average Bonchev–Trinajstić information content (AvgIpc) is 2.60. The van der Waals surface area contributed by atoms with Crippen LogP contribution in [0, 0.1) is 0 Å². The van der Waals surface area contributed by atoms with Gasteiger partial charge in [0.05, 0.1) is 11.7 Å². The summed E-state index contributed by atoms with van der Waals surface area (Å²) in [4.78, 5) is 16.2. The molecule has 24 heavy (non-hydrogen) atoms. The molecule has 5 heteroatoms. The highest BCUT2D eigenvalue weighted by Crippen LogP contribution is 2.11. The van der Waals surface area contributed by atoms with Crippen LogP contribution in [-0.2, 0) is 6.42 Å². The third-order valence-corrected chi connectivity index (χ3v) is 3.77. The number of rotatable bonds is 7. The number of allylic oxidation sites excluding steroid dienone is 1. The number of aliphatic hydroxyl groups excluding tert-OH is 1. The summed E-state index contributed by atoms with van der Waals surface area (Å²) < 4.78 is 0. The third kappa shape index (κ3) is 5.01. The summed E-state index contributed by atoms with van der Waals surface area (Å²) in [5, 5.41) is 12.8. The molecule has 0 bridgehead atoms. The van der Waals surface area contributed by atoms with E-state index in [9.17, 15) is 9.90 Å². The number of nitrogens with zero attached hydrogens (tertiary/aromatic N) is 1. The molecule has 0 aliphatic carbocycles. The number of hydrogen-bond acceptors (Lipinski definition) is 4. The predicted molar refractivity (Wildman–Crippen MR) is 95.4 cm³/mol. The van der Waals surface area contributed by atoms with Gasteiger partial charge in [-0.05, 0) is 36.1 Å². The molecule has 2 rings (SSSR count). The zero-order chi connectivity index (χ0) is 17.5. The minimum atomic E-state index is -0.827. The number of benzene rings is 1. The molecule has 0 fully saturated rings. The first-order valence-electron chi connectivity index (χ1n) is 7.84. The molecule has 1 aromatic heterocycles. The van der Waals surface area contributed by atoms with Gasteiger partial charge >= 0.3 is 0 Å². The molecule has 2 atom stereocenters. The van der Waals surface area contributed by atoms with Crippen molar-refractivity contribution in [1.82, 2.24) is 10.3 Å². The Morgan fingerprint density at radius 2 is 1.96 bits per heavy atom. The number of carbonyl (C=O) groups is 1. The summed E-state index contributed by atoms with van der Waals surface area (Å²) in [6.45, 7) is 5.77. The van der Waals surface area contributed by atoms with Gasteiger partial charge in [-0.2, -0.15) is 0 Å². The first kappa shape index (κ1) is 17.8. The first-order chi connectivity index (χ1) is 11.5. The summed E-state index contributed by atoms with van der Waals surface area (Å²) >= 11 is 0. The summed E-state index contributed by atoms with van der Waals surface area (Å²) in [6, 6.07) is 11.0. The first-order valence-corrected chi connectivity index (χ1v) is 7.84. The van der Waals surface area contributed by atoms with E-state index in [1.807, 2.05) is 37.3 Å². The van der Waals surface area contributed by atoms with Crippen LogP contribution in [0.2, 0.25) is 0 Å². The van der Waals surface area contributed by atoms with Gasteiger partial charge in [0.15, 0.2) is 0 Å². The Morgan fingerprint density at radius 3 is 2.62 bits per heavy atom. The lowest BCUT2D eigenvalue weighted by molar-refractivity contribution is 0.0896. The van der Waals surface area contributed by atoms with E-state index in [0.717, 1.165) is 16.7 Å². The van der Waals surface area contributed by atoms with Crippen LogP contribution < -0.4 is 11.1 Å². The molecule has 1 amide bonds. The normalized spacial score (nSPS) is 13.1.